The molecule has 2 rings (SSSR count). The third-order valence-electron chi connectivity index (χ3n) is 3.56. The van der Waals surface area contributed by atoms with Crippen LogP contribution in [0.2, 0.25) is 5.02 Å². The number of amides is 1. The van der Waals surface area contributed by atoms with Crippen LogP contribution in [0.1, 0.15) is 35.7 Å². The molecule has 1 heterocycles. The van der Waals surface area contributed by atoms with Crippen molar-refractivity contribution in [3.05, 3.63) is 34.3 Å². The number of hydrogen-bond donors (Lipinski definition) is 0. The van der Waals surface area contributed by atoms with Crippen LogP contribution in [-0.4, -0.2) is 35.7 Å². The van der Waals surface area contributed by atoms with E-state index in [1.807, 2.05) is 0 Å². The normalized spacial score (nSPS) is 14.8. The minimum atomic E-state index is -0.769. The quantitative estimate of drug-likeness (QED) is 0.782. The van der Waals surface area contributed by atoms with Crippen LogP contribution in [0.25, 0.3) is 0 Å². The van der Waals surface area contributed by atoms with Crippen molar-refractivity contribution >= 4 is 29.3 Å². The molecule has 0 spiro atoms. The van der Waals surface area contributed by atoms with Crippen LogP contribution in [0.4, 0.5) is 0 Å². The van der Waals surface area contributed by atoms with Crippen molar-refractivity contribution < 1.29 is 19.1 Å². The molecule has 1 aliphatic heterocycles. The number of nitrogens with zero attached hydrogens (tertiary/aromatic N) is 1. The second-order valence-corrected chi connectivity index (χ2v) is 5.39. The summed E-state index contributed by atoms with van der Waals surface area (Å²) in [5, 5.41) is 0.499. The molecule has 1 aliphatic rings. The fraction of sp³-hybridized carbons (Fsp3) is 0.400. The first-order valence-electron chi connectivity index (χ1n) is 6.61. The van der Waals surface area contributed by atoms with E-state index < -0.39 is 12.0 Å². The van der Waals surface area contributed by atoms with Gasteiger partial charge in [-0.25, -0.2) is 4.79 Å². The second-order valence-electron chi connectivity index (χ2n) is 4.98. The zero-order valence-electron chi connectivity index (χ0n) is 11.9. The maximum atomic E-state index is 12.4. The Labute approximate surface area is 127 Å². The molecule has 1 aromatic rings. The van der Waals surface area contributed by atoms with Gasteiger partial charge in [0.15, 0.2) is 0 Å². The number of fused-ring (bicyclic) bond motifs is 1. The SMILES string of the molecule is COC(=O)C(CCC(C)=O)N1Cc2c(Cl)cccc2C1=O. The monoisotopic (exact) mass is 309 g/mol. The van der Waals surface area contributed by atoms with Gasteiger partial charge in [0.25, 0.3) is 5.91 Å². The topological polar surface area (TPSA) is 63.7 Å². The van der Waals surface area contributed by atoms with Gasteiger partial charge in [-0.05, 0) is 25.5 Å². The van der Waals surface area contributed by atoms with Crippen molar-refractivity contribution in [1.29, 1.82) is 0 Å². The molecular weight excluding hydrogens is 294 g/mol. The van der Waals surface area contributed by atoms with Crippen LogP contribution < -0.4 is 0 Å². The summed E-state index contributed by atoms with van der Waals surface area (Å²) in [5.41, 5.74) is 1.21. The lowest BCUT2D eigenvalue weighted by Gasteiger charge is -2.25. The van der Waals surface area contributed by atoms with Crippen LogP contribution in [0.5, 0.6) is 0 Å². The molecule has 21 heavy (non-hydrogen) atoms. The number of halogens is 1. The Balaban J connectivity index is 2.27. The molecule has 6 heteroatoms. The zero-order chi connectivity index (χ0) is 15.6. The third kappa shape index (κ3) is 3.08. The number of hydrogen-bond acceptors (Lipinski definition) is 4. The predicted octanol–water partition coefficient (Wildman–Crippen LogP) is 2.21. The van der Waals surface area contributed by atoms with Gasteiger partial charge in [0, 0.05) is 29.1 Å². The molecule has 0 radical (unpaired) electrons. The largest absolute Gasteiger partial charge is 0.467 e. The Morgan fingerprint density at radius 3 is 2.71 bits per heavy atom. The van der Waals surface area contributed by atoms with Gasteiger partial charge in [0.05, 0.1) is 7.11 Å². The van der Waals surface area contributed by atoms with E-state index in [2.05, 4.69) is 0 Å². The van der Waals surface area contributed by atoms with Crippen molar-refractivity contribution in [3.8, 4) is 0 Å². The number of methoxy groups -OCH3 is 1. The number of ketones is 1. The maximum absolute atomic E-state index is 12.4. The first-order valence-corrected chi connectivity index (χ1v) is 6.99. The van der Waals surface area contributed by atoms with E-state index in [1.54, 1.807) is 18.2 Å². The molecule has 0 fully saturated rings. The summed E-state index contributed by atoms with van der Waals surface area (Å²) in [5.74, 6) is -0.814. The molecule has 1 unspecified atom stereocenters. The maximum Gasteiger partial charge on any atom is 0.328 e. The van der Waals surface area contributed by atoms with E-state index in [9.17, 15) is 14.4 Å². The number of benzene rings is 1. The van der Waals surface area contributed by atoms with Crippen LogP contribution in [0.15, 0.2) is 18.2 Å². The van der Waals surface area contributed by atoms with Gasteiger partial charge in [-0.3, -0.25) is 4.79 Å². The van der Waals surface area contributed by atoms with E-state index in [0.717, 1.165) is 0 Å². The number of carbonyl (C=O) groups is 3. The molecule has 1 aromatic carbocycles. The number of rotatable bonds is 5. The Hall–Kier alpha value is -1.88. The van der Waals surface area contributed by atoms with Crippen molar-refractivity contribution in [2.45, 2.75) is 32.4 Å². The fourth-order valence-corrected chi connectivity index (χ4v) is 2.68. The first kappa shape index (κ1) is 15.5. The van der Waals surface area contributed by atoms with E-state index in [-0.39, 0.29) is 31.1 Å². The highest BCUT2D eigenvalue weighted by atomic mass is 35.5. The van der Waals surface area contributed by atoms with Crippen LogP contribution in [-0.2, 0) is 20.9 Å². The standard InChI is InChI=1S/C15H16ClNO4/c1-9(18)6-7-13(15(20)21-2)17-8-11-10(14(17)19)4-3-5-12(11)16/h3-5,13H,6-8H2,1-2H3. The summed E-state index contributed by atoms with van der Waals surface area (Å²) in [6, 6.07) is 4.32. The molecule has 112 valence electrons. The van der Waals surface area contributed by atoms with Crippen molar-refractivity contribution in [2.24, 2.45) is 0 Å². The van der Waals surface area contributed by atoms with E-state index in [4.69, 9.17) is 16.3 Å². The second kappa shape index (κ2) is 6.26. The summed E-state index contributed by atoms with van der Waals surface area (Å²) < 4.78 is 4.76. The van der Waals surface area contributed by atoms with Gasteiger partial charge in [-0.1, -0.05) is 17.7 Å². The van der Waals surface area contributed by atoms with Crippen molar-refractivity contribution in [2.75, 3.05) is 7.11 Å². The average molecular weight is 310 g/mol. The zero-order valence-corrected chi connectivity index (χ0v) is 12.6. The number of ether oxygens (including phenoxy) is 1. The average Bonchev–Trinajstić information content (AvgIpc) is 2.78. The van der Waals surface area contributed by atoms with Gasteiger partial charge in [0.1, 0.15) is 11.8 Å². The molecular formula is C15H16ClNO4. The van der Waals surface area contributed by atoms with Crippen LogP contribution >= 0.6 is 11.6 Å². The number of carbonyl (C=O) groups excluding carboxylic acids is 3. The van der Waals surface area contributed by atoms with Gasteiger partial charge in [0.2, 0.25) is 0 Å². The molecule has 0 saturated carbocycles. The first-order chi connectivity index (χ1) is 9.95. The fourth-order valence-electron chi connectivity index (χ4n) is 2.45. The highest BCUT2D eigenvalue weighted by Crippen LogP contribution is 2.31. The van der Waals surface area contributed by atoms with Crippen LogP contribution in [0, 0.1) is 0 Å². The summed E-state index contributed by atoms with van der Waals surface area (Å²) in [7, 11) is 1.27. The molecule has 0 N–H and O–H groups in total. The van der Waals surface area contributed by atoms with Gasteiger partial charge in [-0.15, -0.1) is 0 Å². The number of esters is 1. The minimum absolute atomic E-state index is 0.0360. The Bertz CT molecular complexity index is 599. The highest BCUT2D eigenvalue weighted by Gasteiger charge is 2.37. The lowest BCUT2D eigenvalue weighted by atomic mass is 10.1. The molecule has 0 saturated heterocycles. The lowest BCUT2D eigenvalue weighted by molar-refractivity contribution is -0.146. The molecule has 0 aromatic heterocycles. The summed E-state index contributed by atoms with van der Waals surface area (Å²) >= 11 is 6.10. The summed E-state index contributed by atoms with van der Waals surface area (Å²) in [6.07, 6.45) is 0.465. The Morgan fingerprint density at radius 2 is 2.14 bits per heavy atom. The van der Waals surface area contributed by atoms with E-state index >= 15 is 0 Å². The number of Topliss-reactive ketones (excluding diaryl/α,β-unsaturated/α-hetero) is 1. The van der Waals surface area contributed by atoms with Gasteiger partial charge >= 0.3 is 5.97 Å². The van der Waals surface area contributed by atoms with Crippen LogP contribution in [0.3, 0.4) is 0 Å². The highest BCUT2D eigenvalue weighted by molar-refractivity contribution is 6.32. The third-order valence-corrected chi connectivity index (χ3v) is 3.91. The molecule has 0 bridgehead atoms. The van der Waals surface area contributed by atoms with E-state index in [1.165, 1.54) is 18.9 Å². The van der Waals surface area contributed by atoms with Crippen molar-refractivity contribution in [3.63, 3.8) is 0 Å². The van der Waals surface area contributed by atoms with Crippen molar-refractivity contribution in [1.82, 2.24) is 4.90 Å². The van der Waals surface area contributed by atoms with Gasteiger partial charge < -0.3 is 14.4 Å². The molecule has 1 atom stereocenters. The Morgan fingerprint density at radius 1 is 1.43 bits per heavy atom. The Kier molecular flexibility index (Phi) is 4.63. The molecule has 0 aliphatic carbocycles. The summed E-state index contributed by atoms with van der Waals surface area (Å²) in [4.78, 5) is 36.9. The smallest absolute Gasteiger partial charge is 0.328 e. The predicted molar refractivity (Wildman–Crippen MR) is 77.0 cm³/mol. The molecule has 5 nitrogen and oxygen atoms in total. The van der Waals surface area contributed by atoms with Gasteiger partial charge in [-0.2, -0.15) is 0 Å². The minimum Gasteiger partial charge on any atom is -0.467 e. The lowest BCUT2D eigenvalue weighted by Crippen LogP contribution is -2.42. The molecule has 1 amide bonds. The summed E-state index contributed by atoms with van der Waals surface area (Å²) in [6.45, 7) is 1.71. The van der Waals surface area contributed by atoms with E-state index in [0.29, 0.717) is 16.1 Å².